The Balaban J connectivity index is 0.00000225. The summed E-state index contributed by atoms with van der Waals surface area (Å²) < 4.78 is 0. The van der Waals surface area contributed by atoms with Crippen molar-refractivity contribution in [3.63, 3.8) is 0 Å². The number of rotatable bonds is 4. The van der Waals surface area contributed by atoms with Crippen LogP contribution in [0.25, 0.3) is 0 Å². The Bertz CT molecular complexity index is 377. The van der Waals surface area contributed by atoms with E-state index >= 15 is 0 Å². The third-order valence-corrected chi connectivity index (χ3v) is 1.97. The van der Waals surface area contributed by atoms with Gasteiger partial charge in [-0.15, -0.1) is 12.4 Å². The van der Waals surface area contributed by atoms with Crippen LogP contribution in [-0.4, -0.2) is 28.2 Å². The maximum absolute atomic E-state index is 10.5. The van der Waals surface area contributed by atoms with Gasteiger partial charge in [0.15, 0.2) is 0 Å². The molecule has 0 aromatic heterocycles. The number of carboxylic acids is 2. The summed E-state index contributed by atoms with van der Waals surface area (Å²) in [5.74, 6) is -2.08. The van der Waals surface area contributed by atoms with E-state index in [-0.39, 0.29) is 24.4 Å². The SMILES string of the molecule is Cl.NC(Cc1ccc(C(=O)O)cc1)C(=O)O. The van der Waals surface area contributed by atoms with Crippen LogP contribution in [0.1, 0.15) is 15.9 Å². The van der Waals surface area contributed by atoms with Gasteiger partial charge in [-0.1, -0.05) is 12.1 Å². The minimum absolute atomic E-state index is 0. The van der Waals surface area contributed by atoms with Crippen molar-refractivity contribution >= 4 is 24.3 Å². The molecule has 0 heterocycles. The van der Waals surface area contributed by atoms with Gasteiger partial charge in [-0.05, 0) is 24.1 Å². The number of aliphatic carboxylic acids is 1. The molecule has 88 valence electrons. The van der Waals surface area contributed by atoms with Crippen LogP contribution in [0.2, 0.25) is 0 Å². The summed E-state index contributed by atoms with van der Waals surface area (Å²) in [4.78, 5) is 21.0. The predicted molar refractivity (Wildman–Crippen MR) is 60.0 cm³/mol. The first-order valence-corrected chi connectivity index (χ1v) is 4.31. The fraction of sp³-hybridized carbons (Fsp3) is 0.200. The molecule has 0 fully saturated rings. The molecular formula is C10H12ClNO4. The Morgan fingerprint density at radius 1 is 1.19 bits per heavy atom. The number of hydrogen-bond acceptors (Lipinski definition) is 3. The second kappa shape index (κ2) is 6.09. The van der Waals surface area contributed by atoms with E-state index in [1.807, 2.05) is 0 Å². The molecule has 0 aliphatic carbocycles. The van der Waals surface area contributed by atoms with Gasteiger partial charge in [0.05, 0.1) is 5.56 Å². The summed E-state index contributed by atoms with van der Waals surface area (Å²) in [7, 11) is 0. The van der Waals surface area contributed by atoms with E-state index in [0.717, 1.165) is 0 Å². The van der Waals surface area contributed by atoms with Crippen molar-refractivity contribution in [2.75, 3.05) is 0 Å². The van der Waals surface area contributed by atoms with Crippen LogP contribution in [0.5, 0.6) is 0 Å². The predicted octanol–water partition coefficient (Wildman–Crippen LogP) is 0.761. The number of nitrogens with two attached hydrogens (primary N) is 1. The van der Waals surface area contributed by atoms with Crippen LogP contribution >= 0.6 is 12.4 Å². The molecule has 1 aromatic rings. The Morgan fingerprint density at radius 2 is 1.69 bits per heavy atom. The third-order valence-electron chi connectivity index (χ3n) is 1.97. The molecule has 5 nitrogen and oxygen atoms in total. The lowest BCUT2D eigenvalue weighted by atomic mass is 10.0. The van der Waals surface area contributed by atoms with Crippen molar-refractivity contribution in [2.45, 2.75) is 12.5 Å². The number of halogens is 1. The molecule has 16 heavy (non-hydrogen) atoms. The fourth-order valence-corrected chi connectivity index (χ4v) is 1.12. The van der Waals surface area contributed by atoms with E-state index in [1.165, 1.54) is 12.1 Å². The highest BCUT2D eigenvalue weighted by Gasteiger charge is 2.12. The molecule has 0 aliphatic heterocycles. The van der Waals surface area contributed by atoms with Crippen molar-refractivity contribution < 1.29 is 19.8 Å². The van der Waals surface area contributed by atoms with Gasteiger partial charge in [0.2, 0.25) is 0 Å². The molecule has 0 aliphatic rings. The van der Waals surface area contributed by atoms with Crippen molar-refractivity contribution in [1.29, 1.82) is 0 Å². The molecule has 0 spiro atoms. The number of benzene rings is 1. The number of carboxylic acid groups (broad SMARTS) is 2. The molecule has 1 rings (SSSR count). The zero-order chi connectivity index (χ0) is 11.4. The van der Waals surface area contributed by atoms with Crippen LogP contribution in [-0.2, 0) is 11.2 Å². The molecule has 0 radical (unpaired) electrons. The largest absolute Gasteiger partial charge is 0.480 e. The zero-order valence-electron chi connectivity index (χ0n) is 8.29. The summed E-state index contributed by atoms with van der Waals surface area (Å²) in [6.07, 6.45) is 0.190. The van der Waals surface area contributed by atoms with Crippen LogP contribution in [0.15, 0.2) is 24.3 Å². The van der Waals surface area contributed by atoms with E-state index < -0.39 is 18.0 Å². The van der Waals surface area contributed by atoms with Crippen molar-refractivity contribution in [1.82, 2.24) is 0 Å². The van der Waals surface area contributed by atoms with Crippen LogP contribution in [0.4, 0.5) is 0 Å². The molecular weight excluding hydrogens is 234 g/mol. The van der Waals surface area contributed by atoms with Crippen molar-refractivity contribution in [3.05, 3.63) is 35.4 Å². The normalized spacial score (nSPS) is 11.3. The number of hydrogen-bond donors (Lipinski definition) is 3. The van der Waals surface area contributed by atoms with Gasteiger partial charge in [-0.2, -0.15) is 0 Å². The average Bonchev–Trinajstić information content (AvgIpc) is 2.18. The first-order valence-electron chi connectivity index (χ1n) is 4.31. The van der Waals surface area contributed by atoms with Gasteiger partial charge >= 0.3 is 11.9 Å². The highest BCUT2D eigenvalue weighted by atomic mass is 35.5. The first-order chi connectivity index (χ1) is 7.00. The Labute approximate surface area is 98.3 Å². The van der Waals surface area contributed by atoms with Crippen molar-refractivity contribution in [3.8, 4) is 0 Å². The van der Waals surface area contributed by atoms with E-state index in [4.69, 9.17) is 15.9 Å². The molecule has 1 atom stereocenters. The Hall–Kier alpha value is -1.59. The first kappa shape index (κ1) is 14.4. The van der Waals surface area contributed by atoms with Crippen LogP contribution in [0.3, 0.4) is 0 Å². The van der Waals surface area contributed by atoms with Gasteiger partial charge in [0.25, 0.3) is 0 Å². The molecule has 1 aromatic carbocycles. The molecule has 0 saturated carbocycles. The van der Waals surface area contributed by atoms with Crippen LogP contribution < -0.4 is 5.73 Å². The second-order valence-corrected chi connectivity index (χ2v) is 3.15. The van der Waals surface area contributed by atoms with Gasteiger partial charge in [-0.25, -0.2) is 4.79 Å². The van der Waals surface area contributed by atoms with E-state index in [2.05, 4.69) is 0 Å². The number of carbonyl (C=O) groups is 2. The summed E-state index contributed by atoms with van der Waals surface area (Å²) >= 11 is 0. The third kappa shape index (κ3) is 3.88. The summed E-state index contributed by atoms with van der Waals surface area (Å²) in [6.45, 7) is 0. The van der Waals surface area contributed by atoms with Crippen LogP contribution in [0, 0.1) is 0 Å². The summed E-state index contributed by atoms with van der Waals surface area (Å²) in [5.41, 5.74) is 6.20. The van der Waals surface area contributed by atoms with Crippen molar-refractivity contribution in [2.24, 2.45) is 5.73 Å². The Morgan fingerprint density at radius 3 is 2.06 bits per heavy atom. The van der Waals surface area contributed by atoms with Gasteiger partial charge < -0.3 is 15.9 Å². The van der Waals surface area contributed by atoms with E-state index in [0.29, 0.717) is 5.56 Å². The summed E-state index contributed by atoms with van der Waals surface area (Å²) in [5, 5.41) is 17.2. The lowest BCUT2D eigenvalue weighted by Gasteiger charge is -2.06. The minimum atomic E-state index is -1.07. The standard InChI is InChI=1S/C10H11NO4.ClH/c11-8(10(14)15)5-6-1-3-7(4-2-6)9(12)13;/h1-4,8H,5,11H2,(H,12,13)(H,14,15);1H. The Kier molecular flexibility index (Phi) is 5.49. The van der Waals surface area contributed by atoms with Gasteiger partial charge in [0.1, 0.15) is 6.04 Å². The minimum Gasteiger partial charge on any atom is -0.480 e. The van der Waals surface area contributed by atoms with Gasteiger partial charge in [0, 0.05) is 0 Å². The topological polar surface area (TPSA) is 101 Å². The highest BCUT2D eigenvalue weighted by Crippen LogP contribution is 2.06. The van der Waals surface area contributed by atoms with E-state index in [1.54, 1.807) is 12.1 Å². The maximum atomic E-state index is 10.5. The fourth-order valence-electron chi connectivity index (χ4n) is 1.12. The molecule has 1 unspecified atom stereocenters. The molecule has 0 saturated heterocycles. The highest BCUT2D eigenvalue weighted by molar-refractivity contribution is 5.87. The average molecular weight is 246 g/mol. The second-order valence-electron chi connectivity index (χ2n) is 3.15. The maximum Gasteiger partial charge on any atom is 0.335 e. The lowest BCUT2D eigenvalue weighted by molar-refractivity contribution is -0.138. The molecule has 4 N–H and O–H groups in total. The quantitative estimate of drug-likeness (QED) is 0.727. The monoisotopic (exact) mass is 245 g/mol. The smallest absolute Gasteiger partial charge is 0.335 e. The molecule has 0 bridgehead atoms. The van der Waals surface area contributed by atoms with Gasteiger partial charge in [-0.3, -0.25) is 4.79 Å². The number of aromatic carboxylic acids is 1. The van der Waals surface area contributed by atoms with E-state index in [9.17, 15) is 9.59 Å². The summed E-state index contributed by atoms with van der Waals surface area (Å²) in [6, 6.07) is 5.01. The lowest BCUT2D eigenvalue weighted by Crippen LogP contribution is -2.32. The zero-order valence-corrected chi connectivity index (χ0v) is 9.11. The molecule has 0 amide bonds. The molecule has 6 heteroatoms.